The lowest BCUT2D eigenvalue weighted by atomic mass is 9.94. The van der Waals surface area contributed by atoms with Crippen molar-refractivity contribution in [2.75, 3.05) is 18.5 Å². The maximum absolute atomic E-state index is 12.6. The zero-order valence-corrected chi connectivity index (χ0v) is 13.1. The van der Waals surface area contributed by atoms with Crippen molar-refractivity contribution in [3.63, 3.8) is 0 Å². The molecule has 1 aliphatic heterocycles. The van der Waals surface area contributed by atoms with Crippen LogP contribution in [0.15, 0.2) is 54.6 Å². The highest BCUT2D eigenvalue weighted by atomic mass is 16.5. The van der Waals surface area contributed by atoms with Gasteiger partial charge in [-0.05, 0) is 36.8 Å². The Morgan fingerprint density at radius 2 is 1.91 bits per heavy atom. The van der Waals surface area contributed by atoms with E-state index < -0.39 is 0 Å². The Bertz CT molecular complexity index is 643. The van der Waals surface area contributed by atoms with Crippen LogP contribution in [0, 0.1) is 5.92 Å². The van der Waals surface area contributed by atoms with Crippen LogP contribution in [0.2, 0.25) is 0 Å². The molecule has 1 amide bonds. The summed E-state index contributed by atoms with van der Waals surface area (Å²) in [5, 5.41) is 2.98. The molecule has 0 aliphatic carbocycles. The average Bonchev–Trinajstić information content (AvgIpc) is 3.07. The van der Waals surface area contributed by atoms with Crippen LogP contribution in [0.3, 0.4) is 0 Å². The Morgan fingerprint density at radius 1 is 1.17 bits per heavy atom. The number of hydrogen-bond donors (Lipinski definition) is 3. The summed E-state index contributed by atoms with van der Waals surface area (Å²) >= 11 is 0. The molecule has 2 atom stereocenters. The molecular formula is C18H21N3O2. The lowest BCUT2D eigenvalue weighted by Crippen LogP contribution is -2.29. The highest BCUT2D eigenvalue weighted by molar-refractivity contribution is 5.93. The first-order chi connectivity index (χ1) is 11.3. The van der Waals surface area contributed by atoms with Gasteiger partial charge >= 0.3 is 0 Å². The van der Waals surface area contributed by atoms with Crippen LogP contribution in [-0.2, 0) is 4.79 Å². The third-order valence-corrected chi connectivity index (χ3v) is 3.91. The number of amides is 1. The molecule has 2 unspecified atom stereocenters. The van der Waals surface area contributed by atoms with Crippen LogP contribution >= 0.6 is 0 Å². The smallest absolute Gasteiger partial charge is 0.230 e. The van der Waals surface area contributed by atoms with Crippen LogP contribution in [0.4, 0.5) is 5.69 Å². The lowest BCUT2D eigenvalue weighted by molar-refractivity contribution is -0.119. The van der Waals surface area contributed by atoms with E-state index in [1.807, 2.05) is 61.5 Å². The van der Waals surface area contributed by atoms with Crippen LogP contribution < -0.4 is 20.9 Å². The number of hydrazine groups is 1. The maximum Gasteiger partial charge on any atom is 0.230 e. The number of anilines is 1. The molecule has 5 nitrogen and oxygen atoms in total. The second kappa shape index (κ2) is 7.26. The summed E-state index contributed by atoms with van der Waals surface area (Å²) in [5.74, 6) is 0.640. The summed E-state index contributed by atoms with van der Waals surface area (Å²) in [4.78, 5) is 12.6. The predicted octanol–water partition coefficient (Wildman–Crippen LogP) is 2.49. The summed E-state index contributed by atoms with van der Waals surface area (Å²) in [7, 11) is 0. The molecule has 0 saturated carbocycles. The minimum Gasteiger partial charge on any atom is -0.494 e. The second-order valence-electron chi connectivity index (χ2n) is 5.47. The fourth-order valence-electron chi connectivity index (χ4n) is 2.75. The Morgan fingerprint density at radius 3 is 2.61 bits per heavy atom. The van der Waals surface area contributed by atoms with Gasteiger partial charge in [-0.2, -0.15) is 0 Å². The van der Waals surface area contributed by atoms with Gasteiger partial charge in [-0.15, -0.1) is 0 Å². The summed E-state index contributed by atoms with van der Waals surface area (Å²) < 4.78 is 5.41. The van der Waals surface area contributed by atoms with Gasteiger partial charge in [0, 0.05) is 12.2 Å². The Kier molecular flexibility index (Phi) is 4.90. The van der Waals surface area contributed by atoms with Crippen LogP contribution in [0.5, 0.6) is 5.75 Å². The summed E-state index contributed by atoms with van der Waals surface area (Å²) in [5.41, 5.74) is 8.14. The van der Waals surface area contributed by atoms with Gasteiger partial charge in [-0.1, -0.05) is 30.3 Å². The molecule has 0 aromatic heterocycles. The Labute approximate surface area is 136 Å². The predicted molar refractivity (Wildman–Crippen MR) is 90.1 cm³/mol. The molecule has 1 fully saturated rings. The topological polar surface area (TPSA) is 62.4 Å². The van der Waals surface area contributed by atoms with Gasteiger partial charge in [-0.25, -0.2) is 5.43 Å². The van der Waals surface area contributed by atoms with E-state index in [-0.39, 0.29) is 17.9 Å². The number of hydrogen-bond acceptors (Lipinski definition) is 4. The van der Waals surface area contributed by atoms with E-state index in [1.54, 1.807) is 0 Å². The molecular weight excluding hydrogens is 290 g/mol. The first kappa shape index (κ1) is 15.5. The number of carbonyl (C=O) groups excluding carboxylic acids is 1. The number of benzene rings is 2. The molecule has 3 N–H and O–H groups in total. The van der Waals surface area contributed by atoms with Gasteiger partial charge in [-0.3, -0.25) is 10.2 Å². The van der Waals surface area contributed by atoms with Gasteiger partial charge in [0.1, 0.15) is 5.75 Å². The van der Waals surface area contributed by atoms with Crippen LogP contribution in [-0.4, -0.2) is 19.1 Å². The summed E-state index contributed by atoms with van der Waals surface area (Å²) in [6.07, 6.45) is 0. The third kappa shape index (κ3) is 3.70. The van der Waals surface area contributed by atoms with Crippen molar-refractivity contribution in [3.8, 4) is 5.75 Å². The number of ether oxygens (including phenoxy) is 1. The average molecular weight is 311 g/mol. The summed E-state index contributed by atoms with van der Waals surface area (Å²) in [6.45, 7) is 3.17. The Hall–Kier alpha value is -2.37. The van der Waals surface area contributed by atoms with E-state index in [9.17, 15) is 4.79 Å². The van der Waals surface area contributed by atoms with E-state index in [2.05, 4.69) is 16.2 Å². The van der Waals surface area contributed by atoms with E-state index in [0.717, 1.165) is 17.0 Å². The van der Waals surface area contributed by atoms with Gasteiger partial charge in [0.25, 0.3) is 0 Å². The highest BCUT2D eigenvalue weighted by Gasteiger charge is 2.33. The largest absolute Gasteiger partial charge is 0.494 e. The fraction of sp³-hybridized carbons (Fsp3) is 0.278. The molecule has 2 aromatic carbocycles. The molecule has 120 valence electrons. The van der Waals surface area contributed by atoms with Gasteiger partial charge < -0.3 is 10.1 Å². The van der Waals surface area contributed by atoms with Gasteiger partial charge in [0.05, 0.1) is 18.6 Å². The molecule has 1 saturated heterocycles. The molecule has 5 heteroatoms. The van der Waals surface area contributed by atoms with Gasteiger partial charge in [0.2, 0.25) is 5.91 Å². The minimum absolute atomic E-state index is 0.000475. The third-order valence-electron chi connectivity index (χ3n) is 3.91. The van der Waals surface area contributed by atoms with Crippen molar-refractivity contribution in [2.45, 2.75) is 13.0 Å². The molecule has 0 spiro atoms. The quantitative estimate of drug-likeness (QED) is 0.794. The van der Waals surface area contributed by atoms with Gasteiger partial charge in [0.15, 0.2) is 0 Å². The molecule has 23 heavy (non-hydrogen) atoms. The van der Waals surface area contributed by atoms with Crippen molar-refractivity contribution >= 4 is 11.6 Å². The highest BCUT2D eigenvalue weighted by Crippen LogP contribution is 2.26. The molecule has 1 heterocycles. The van der Waals surface area contributed by atoms with Crippen molar-refractivity contribution in [1.29, 1.82) is 0 Å². The van der Waals surface area contributed by atoms with Crippen molar-refractivity contribution in [1.82, 2.24) is 10.9 Å². The standard InChI is InChI=1S/C18H21N3O2/c1-2-23-15-10-8-14(9-11-15)20-18(22)16-12-19-21-17(16)13-6-4-3-5-7-13/h3-11,16-17,19,21H,2,12H2,1H3,(H,20,22). The monoisotopic (exact) mass is 311 g/mol. The Balaban J connectivity index is 1.67. The van der Waals surface area contributed by atoms with E-state index >= 15 is 0 Å². The number of nitrogens with one attached hydrogen (secondary N) is 3. The van der Waals surface area contributed by atoms with Crippen LogP contribution in [0.25, 0.3) is 0 Å². The molecule has 0 bridgehead atoms. The molecule has 2 aromatic rings. The molecule has 0 radical (unpaired) electrons. The first-order valence-electron chi connectivity index (χ1n) is 7.85. The molecule has 1 aliphatic rings. The molecule has 3 rings (SSSR count). The first-order valence-corrected chi connectivity index (χ1v) is 7.85. The van der Waals surface area contributed by atoms with Crippen molar-refractivity contribution in [3.05, 3.63) is 60.2 Å². The van der Waals surface area contributed by atoms with E-state index in [0.29, 0.717) is 13.2 Å². The summed E-state index contributed by atoms with van der Waals surface area (Å²) in [6, 6.07) is 17.4. The fourth-order valence-corrected chi connectivity index (χ4v) is 2.75. The number of rotatable bonds is 5. The lowest BCUT2D eigenvalue weighted by Gasteiger charge is -2.18. The normalized spacial score (nSPS) is 20.2. The van der Waals surface area contributed by atoms with E-state index in [1.165, 1.54) is 0 Å². The van der Waals surface area contributed by atoms with Crippen molar-refractivity contribution < 1.29 is 9.53 Å². The minimum atomic E-state index is -0.163. The van der Waals surface area contributed by atoms with E-state index in [4.69, 9.17) is 4.74 Å². The number of carbonyl (C=O) groups is 1. The maximum atomic E-state index is 12.6. The SMILES string of the molecule is CCOc1ccc(NC(=O)C2CNNC2c2ccccc2)cc1. The zero-order chi connectivity index (χ0) is 16.1. The zero-order valence-electron chi connectivity index (χ0n) is 13.1. The van der Waals surface area contributed by atoms with Crippen molar-refractivity contribution in [2.24, 2.45) is 5.92 Å². The van der Waals surface area contributed by atoms with Crippen LogP contribution in [0.1, 0.15) is 18.5 Å². The second-order valence-corrected chi connectivity index (χ2v) is 5.47.